The summed E-state index contributed by atoms with van der Waals surface area (Å²) in [5.41, 5.74) is 0.698. The molecule has 0 amide bonds. The van der Waals surface area contributed by atoms with Crippen molar-refractivity contribution in [3.05, 3.63) is 34.6 Å². The predicted octanol–water partition coefficient (Wildman–Crippen LogP) is 3.43. The SMILES string of the molecule is CCCNC(CCOC)Cc1ccc(Cl)cc1F. The van der Waals surface area contributed by atoms with Crippen molar-refractivity contribution < 1.29 is 9.13 Å². The summed E-state index contributed by atoms with van der Waals surface area (Å²) in [6, 6.07) is 5.09. The Kier molecular flexibility index (Phi) is 7.25. The summed E-state index contributed by atoms with van der Waals surface area (Å²) in [4.78, 5) is 0. The zero-order valence-electron chi connectivity index (χ0n) is 11.0. The second-order valence-corrected chi connectivity index (χ2v) is 4.81. The van der Waals surface area contributed by atoms with Gasteiger partial charge in [0.1, 0.15) is 5.82 Å². The summed E-state index contributed by atoms with van der Waals surface area (Å²) in [6.07, 6.45) is 2.59. The van der Waals surface area contributed by atoms with Crippen molar-refractivity contribution in [3.8, 4) is 0 Å². The van der Waals surface area contributed by atoms with E-state index in [0.717, 1.165) is 19.4 Å². The van der Waals surface area contributed by atoms with Gasteiger partial charge in [0.25, 0.3) is 0 Å². The molecule has 1 atom stereocenters. The Morgan fingerprint density at radius 3 is 2.83 bits per heavy atom. The Morgan fingerprint density at radius 1 is 1.44 bits per heavy atom. The number of hydrogen-bond acceptors (Lipinski definition) is 2. The standard InChI is InChI=1S/C14H21ClFNO/c1-3-7-17-13(6-8-18-2)9-11-4-5-12(15)10-14(11)16/h4-5,10,13,17H,3,6-9H2,1-2H3. The molecular weight excluding hydrogens is 253 g/mol. The van der Waals surface area contributed by atoms with Crippen LogP contribution in [0.25, 0.3) is 0 Å². The van der Waals surface area contributed by atoms with Crippen molar-refractivity contribution in [1.82, 2.24) is 5.32 Å². The second-order valence-electron chi connectivity index (χ2n) is 4.37. The van der Waals surface area contributed by atoms with E-state index in [4.69, 9.17) is 16.3 Å². The average molecular weight is 274 g/mol. The van der Waals surface area contributed by atoms with Gasteiger partial charge in [0.05, 0.1) is 0 Å². The molecule has 1 N–H and O–H groups in total. The summed E-state index contributed by atoms with van der Waals surface area (Å²) in [7, 11) is 1.68. The summed E-state index contributed by atoms with van der Waals surface area (Å²) in [5.74, 6) is -0.233. The molecule has 18 heavy (non-hydrogen) atoms. The van der Waals surface area contributed by atoms with Crippen LogP contribution in [0.4, 0.5) is 4.39 Å². The van der Waals surface area contributed by atoms with Gasteiger partial charge >= 0.3 is 0 Å². The summed E-state index contributed by atoms with van der Waals surface area (Å²) >= 11 is 5.75. The summed E-state index contributed by atoms with van der Waals surface area (Å²) < 4.78 is 18.8. The number of halogens is 2. The molecule has 1 rings (SSSR count). The molecule has 0 spiro atoms. The molecule has 102 valence electrons. The minimum absolute atomic E-state index is 0.233. The van der Waals surface area contributed by atoms with E-state index >= 15 is 0 Å². The zero-order chi connectivity index (χ0) is 13.4. The molecule has 0 aliphatic heterocycles. The molecule has 4 heteroatoms. The third-order valence-electron chi connectivity index (χ3n) is 2.83. The highest BCUT2D eigenvalue weighted by Crippen LogP contribution is 2.16. The maximum atomic E-state index is 13.7. The molecule has 0 saturated heterocycles. The maximum absolute atomic E-state index is 13.7. The van der Waals surface area contributed by atoms with Crippen LogP contribution >= 0.6 is 11.6 Å². The average Bonchev–Trinajstić information content (AvgIpc) is 2.35. The van der Waals surface area contributed by atoms with Gasteiger partial charge in [-0.2, -0.15) is 0 Å². The first-order valence-corrected chi connectivity index (χ1v) is 6.71. The molecule has 1 aromatic carbocycles. The van der Waals surface area contributed by atoms with Crippen LogP contribution in [0, 0.1) is 5.82 Å². The highest BCUT2D eigenvalue weighted by Gasteiger charge is 2.12. The first-order valence-electron chi connectivity index (χ1n) is 6.33. The van der Waals surface area contributed by atoms with Gasteiger partial charge in [0.2, 0.25) is 0 Å². The molecule has 2 nitrogen and oxygen atoms in total. The van der Waals surface area contributed by atoms with Crippen LogP contribution in [0.1, 0.15) is 25.3 Å². The molecule has 0 aliphatic rings. The van der Waals surface area contributed by atoms with Gasteiger partial charge in [0.15, 0.2) is 0 Å². The van der Waals surface area contributed by atoms with Crippen molar-refractivity contribution in [2.45, 2.75) is 32.2 Å². The highest BCUT2D eigenvalue weighted by atomic mass is 35.5. The lowest BCUT2D eigenvalue weighted by molar-refractivity contribution is 0.182. The molecule has 0 bridgehead atoms. The van der Waals surface area contributed by atoms with Gasteiger partial charge in [-0.1, -0.05) is 24.6 Å². The Labute approximate surface area is 113 Å². The highest BCUT2D eigenvalue weighted by molar-refractivity contribution is 6.30. The van der Waals surface area contributed by atoms with Crippen molar-refractivity contribution in [2.24, 2.45) is 0 Å². The third-order valence-corrected chi connectivity index (χ3v) is 3.07. The van der Waals surface area contributed by atoms with Crippen LogP contribution in [-0.4, -0.2) is 26.3 Å². The fourth-order valence-electron chi connectivity index (χ4n) is 1.84. The lowest BCUT2D eigenvalue weighted by atomic mass is 10.0. The molecule has 0 radical (unpaired) electrons. The van der Waals surface area contributed by atoms with E-state index in [-0.39, 0.29) is 11.9 Å². The lowest BCUT2D eigenvalue weighted by Crippen LogP contribution is -2.33. The molecule has 0 fully saturated rings. The van der Waals surface area contributed by atoms with E-state index in [9.17, 15) is 4.39 Å². The zero-order valence-corrected chi connectivity index (χ0v) is 11.8. The predicted molar refractivity (Wildman–Crippen MR) is 73.7 cm³/mol. The largest absolute Gasteiger partial charge is 0.385 e. The number of benzene rings is 1. The quantitative estimate of drug-likeness (QED) is 0.784. The number of nitrogens with one attached hydrogen (secondary N) is 1. The van der Waals surface area contributed by atoms with E-state index in [1.807, 2.05) is 0 Å². The number of methoxy groups -OCH3 is 1. The minimum Gasteiger partial charge on any atom is -0.385 e. The van der Waals surface area contributed by atoms with Crippen molar-refractivity contribution in [2.75, 3.05) is 20.3 Å². The fourth-order valence-corrected chi connectivity index (χ4v) is 2.00. The lowest BCUT2D eigenvalue weighted by Gasteiger charge is -2.18. The first kappa shape index (κ1) is 15.4. The Balaban J connectivity index is 2.62. The normalized spacial score (nSPS) is 12.7. The molecule has 0 aliphatic carbocycles. The van der Waals surface area contributed by atoms with Crippen LogP contribution < -0.4 is 5.32 Å². The molecule has 1 aromatic rings. The van der Waals surface area contributed by atoms with E-state index in [2.05, 4.69) is 12.2 Å². The second kappa shape index (κ2) is 8.46. The van der Waals surface area contributed by atoms with Gasteiger partial charge in [-0.05, 0) is 43.5 Å². The van der Waals surface area contributed by atoms with Crippen molar-refractivity contribution in [1.29, 1.82) is 0 Å². The Morgan fingerprint density at radius 2 is 2.22 bits per heavy atom. The third kappa shape index (κ3) is 5.34. The van der Waals surface area contributed by atoms with Crippen LogP contribution in [0.5, 0.6) is 0 Å². The van der Waals surface area contributed by atoms with Gasteiger partial charge in [-0.25, -0.2) is 4.39 Å². The Bertz CT molecular complexity index is 352. The van der Waals surface area contributed by atoms with Crippen LogP contribution in [-0.2, 0) is 11.2 Å². The Hall–Kier alpha value is -0.640. The molecular formula is C14H21ClFNO. The first-order chi connectivity index (χ1) is 8.67. The summed E-state index contributed by atoms with van der Waals surface area (Å²) in [6.45, 7) is 3.73. The van der Waals surface area contributed by atoms with Crippen molar-refractivity contribution >= 4 is 11.6 Å². The van der Waals surface area contributed by atoms with Gasteiger partial charge in [0, 0.05) is 24.8 Å². The van der Waals surface area contributed by atoms with Gasteiger partial charge in [-0.15, -0.1) is 0 Å². The van der Waals surface area contributed by atoms with Crippen molar-refractivity contribution in [3.63, 3.8) is 0 Å². The van der Waals surface area contributed by atoms with Gasteiger partial charge in [-0.3, -0.25) is 0 Å². The summed E-state index contributed by atoms with van der Waals surface area (Å²) in [5, 5.41) is 3.85. The van der Waals surface area contributed by atoms with E-state index in [1.54, 1.807) is 19.2 Å². The van der Waals surface area contributed by atoms with E-state index in [0.29, 0.717) is 23.6 Å². The number of ether oxygens (including phenoxy) is 1. The minimum atomic E-state index is -0.233. The number of rotatable bonds is 8. The molecule has 0 aromatic heterocycles. The molecule has 0 saturated carbocycles. The van der Waals surface area contributed by atoms with Crippen LogP contribution in [0.2, 0.25) is 5.02 Å². The molecule has 1 unspecified atom stereocenters. The smallest absolute Gasteiger partial charge is 0.127 e. The fraction of sp³-hybridized carbons (Fsp3) is 0.571. The number of hydrogen-bond donors (Lipinski definition) is 1. The maximum Gasteiger partial charge on any atom is 0.127 e. The van der Waals surface area contributed by atoms with Crippen LogP contribution in [0.3, 0.4) is 0 Å². The molecule has 0 heterocycles. The topological polar surface area (TPSA) is 21.3 Å². The van der Waals surface area contributed by atoms with E-state index < -0.39 is 0 Å². The van der Waals surface area contributed by atoms with Gasteiger partial charge < -0.3 is 10.1 Å². The van der Waals surface area contributed by atoms with E-state index in [1.165, 1.54) is 6.07 Å². The van der Waals surface area contributed by atoms with Crippen LogP contribution in [0.15, 0.2) is 18.2 Å². The monoisotopic (exact) mass is 273 g/mol.